The first-order chi connectivity index (χ1) is 10.8. The van der Waals surface area contributed by atoms with Gasteiger partial charge in [0.15, 0.2) is 0 Å². The van der Waals surface area contributed by atoms with Gasteiger partial charge in [-0.3, -0.25) is 9.13 Å². The predicted octanol–water partition coefficient (Wildman–Crippen LogP) is -0.0837. The molecule has 23 heavy (non-hydrogen) atoms. The maximum Gasteiger partial charge on any atom is 0.350 e. The van der Waals surface area contributed by atoms with E-state index in [1.165, 1.54) is 4.57 Å². The minimum absolute atomic E-state index is 0.0585. The van der Waals surface area contributed by atoms with Gasteiger partial charge in [0.2, 0.25) is 0 Å². The summed E-state index contributed by atoms with van der Waals surface area (Å²) in [5.41, 5.74) is 0.241. The Morgan fingerprint density at radius 2 is 2.26 bits per heavy atom. The molecule has 1 heterocycles. The SMILES string of the molecule is C=CCNc1nc(=O)n(C[C@@H](CO)OCP(=O)(O)O)cc1CC. The smallest absolute Gasteiger partial charge is 0.350 e. The van der Waals surface area contributed by atoms with Gasteiger partial charge < -0.3 is 24.9 Å². The zero-order valence-corrected chi connectivity index (χ0v) is 13.8. The standard InChI is InChI=1S/C13H22N3O6P/c1-3-5-14-12-10(4-2)6-16(13(18)15-12)7-11(8-17)22-9-23(19,20)21/h3,6,11,17H,1,4-5,7-9H2,2H3,(H,14,15,18)(H2,19,20,21)/t11-/m0/s1. The van der Waals surface area contributed by atoms with Crippen LogP contribution in [0.1, 0.15) is 12.5 Å². The molecule has 9 nitrogen and oxygen atoms in total. The van der Waals surface area contributed by atoms with E-state index in [1.54, 1.807) is 12.3 Å². The first kappa shape index (κ1) is 19.5. The minimum atomic E-state index is -4.34. The van der Waals surface area contributed by atoms with Crippen molar-refractivity contribution in [2.24, 2.45) is 0 Å². The molecule has 1 aromatic rings. The van der Waals surface area contributed by atoms with Crippen LogP contribution in [-0.2, 0) is 22.3 Å². The van der Waals surface area contributed by atoms with Gasteiger partial charge in [0, 0.05) is 18.3 Å². The van der Waals surface area contributed by atoms with Crippen molar-refractivity contribution in [3.63, 3.8) is 0 Å². The summed E-state index contributed by atoms with van der Waals surface area (Å²) in [6.45, 7) is 5.41. The van der Waals surface area contributed by atoms with E-state index in [-0.39, 0.29) is 6.54 Å². The molecule has 0 aromatic carbocycles. The van der Waals surface area contributed by atoms with E-state index < -0.39 is 32.3 Å². The van der Waals surface area contributed by atoms with Gasteiger partial charge in [-0.2, -0.15) is 4.98 Å². The number of ether oxygens (including phenoxy) is 1. The van der Waals surface area contributed by atoms with Gasteiger partial charge in [-0.25, -0.2) is 4.79 Å². The summed E-state index contributed by atoms with van der Waals surface area (Å²) in [5.74, 6) is 0.463. The maximum absolute atomic E-state index is 12.0. The Kier molecular flexibility index (Phi) is 7.60. The Hall–Kier alpha value is -1.51. The van der Waals surface area contributed by atoms with Gasteiger partial charge in [-0.05, 0) is 6.42 Å². The summed E-state index contributed by atoms with van der Waals surface area (Å²) in [7, 11) is -4.34. The number of anilines is 1. The molecule has 0 fully saturated rings. The lowest BCUT2D eigenvalue weighted by Crippen LogP contribution is -2.33. The van der Waals surface area contributed by atoms with E-state index in [1.807, 2.05) is 6.92 Å². The molecule has 0 saturated carbocycles. The van der Waals surface area contributed by atoms with Gasteiger partial charge >= 0.3 is 13.3 Å². The van der Waals surface area contributed by atoms with Crippen molar-refractivity contribution in [3.05, 3.63) is 34.9 Å². The van der Waals surface area contributed by atoms with Crippen LogP contribution in [0.3, 0.4) is 0 Å². The fourth-order valence-electron chi connectivity index (χ4n) is 1.83. The lowest BCUT2D eigenvalue weighted by molar-refractivity contribution is 0.0188. The molecule has 4 N–H and O–H groups in total. The van der Waals surface area contributed by atoms with Crippen LogP contribution in [0.4, 0.5) is 5.82 Å². The van der Waals surface area contributed by atoms with Gasteiger partial charge in [0.1, 0.15) is 12.2 Å². The number of rotatable bonds is 10. The van der Waals surface area contributed by atoms with Crippen molar-refractivity contribution < 1.29 is 24.2 Å². The highest BCUT2D eigenvalue weighted by molar-refractivity contribution is 7.51. The van der Waals surface area contributed by atoms with Gasteiger partial charge in [-0.15, -0.1) is 6.58 Å². The Labute approximate surface area is 133 Å². The molecule has 1 rings (SSSR count). The highest BCUT2D eigenvalue weighted by atomic mass is 31.2. The fraction of sp³-hybridized carbons (Fsp3) is 0.538. The van der Waals surface area contributed by atoms with Gasteiger partial charge in [0.05, 0.1) is 19.3 Å². The third-order valence-corrected chi connectivity index (χ3v) is 3.43. The number of nitrogens with zero attached hydrogens (tertiary/aromatic N) is 2. The molecule has 0 bridgehead atoms. The summed E-state index contributed by atoms with van der Waals surface area (Å²) >= 11 is 0. The second kappa shape index (κ2) is 8.95. The number of hydrogen-bond donors (Lipinski definition) is 4. The van der Waals surface area contributed by atoms with E-state index in [2.05, 4.69) is 16.9 Å². The topological polar surface area (TPSA) is 134 Å². The third kappa shape index (κ3) is 6.64. The second-order valence-electron chi connectivity index (χ2n) is 4.84. The zero-order valence-electron chi connectivity index (χ0n) is 12.9. The average molecular weight is 347 g/mol. The first-order valence-electron chi connectivity index (χ1n) is 7.02. The summed E-state index contributed by atoms with van der Waals surface area (Å²) < 4.78 is 17.0. The van der Waals surface area contributed by atoms with Crippen LogP contribution in [0, 0.1) is 0 Å². The maximum atomic E-state index is 12.0. The number of nitrogens with one attached hydrogen (secondary N) is 1. The highest BCUT2D eigenvalue weighted by Crippen LogP contribution is 2.34. The Balaban J connectivity index is 2.92. The molecule has 10 heteroatoms. The van der Waals surface area contributed by atoms with E-state index in [4.69, 9.17) is 14.5 Å². The van der Waals surface area contributed by atoms with E-state index in [0.29, 0.717) is 18.8 Å². The molecule has 0 aliphatic rings. The van der Waals surface area contributed by atoms with Crippen LogP contribution in [0.15, 0.2) is 23.6 Å². The largest absolute Gasteiger partial charge is 0.394 e. The number of aliphatic hydroxyl groups is 1. The van der Waals surface area contributed by atoms with Crippen LogP contribution in [-0.4, -0.2) is 50.0 Å². The molecular weight excluding hydrogens is 325 g/mol. The molecule has 1 aromatic heterocycles. The predicted molar refractivity (Wildman–Crippen MR) is 85.4 cm³/mol. The van der Waals surface area contributed by atoms with Crippen LogP contribution < -0.4 is 11.0 Å². The minimum Gasteiger partial charge on any atom is -0.394 e. The lowest BCUT2D eigenvalue weighted by atomic mass is 10.2. The molecule has 0 spiro atoms. The normalized spacial score (nSPS) is 12.9. The van der Waals surface area contributed by atoms with E-state index in [9.17, 15) is 14.5 Å². The summed E-state index contributed by atoms with van der Waals surface area (Å²) in [6, 6.07) is 0. The van der Waals surface area contributed by atoms with Gasteiger partial charge in [0.25, 0.3) is 0 Å². The number of aliphatic hydroxyl groups excluding tert-OH is 1. The summed E-state index contributed by atoms with van der Waals surface area (Å²) in [6.07, 6.45) is 2.12. The fourth-order valence-corrected chi connectivity index (χ4v) is 2.24. The van der Waals surface area contributed by atoms with Crippen molar-refractivity contribution in [3.8, 4) is 0 Å². The molecule has 0 aliphatic carbocycles. The quantitative estimate of drug-likeness (QED) is 0.341. The lowest BCUT2D eigenvalue weighted by Gasteiger charge is -2.18. The number of aromatic nitrogens is 2. The Morgan fingerprint density at radius 1 is 1.57 bits per heavy atom. The molecule has 0 radical (unpaired) electrons. The zero-order chi connectivity index (χ0) is 17.5. The first-order valence-corrected chi connectivity index (χ1v) is 8.82. The number of aryl methyl sites for hydroxylation is 1. The second-order valence-corrected chi connectivity index (χ2v) is 6.43. The summed E-state index contributed by atoms with van der Waals surface area (Å²) in [4.78, 5) is 33.5. The Morgan fingerprint density at radius 3 is 2.78 bits per heavy atom. The third-order valence-electron chi connectivity index (χ3n) is 2.95. The van der Waals surface area contributed by atoms with Crippen LogP contribution in [0.2, 0.25) is 0 Å². The summed E-state index contributed by atoms with van der Waals surface area (Å²) in [5, 5.41) is 12.2. The monoisotopic (exact) mass is 347 g/mol. The van der Waals surface area contributed by atoms with Crippen LogP contribution in [0.5, 0.6) is 0 Å². The van der Waals surface area contributed by atoms with Crippen molar-refractivity contribution in [2.75, 3.05) is 24.8 Å². The van der Waals surface area contributed by atoms with Crippen molar-refractivity contribution in [1.82, 2.24) is 9.55 Å². The molecule has 0 amide bonds. The molecule has 130 valence electrons. The van der Waals surface area contributed by atoms with Crippen LogP contribution in [0.25, 0.3) is 0 Å². The molecule has 0 aliphatic heterocycles. The van der Waals surface area contributed by atoms with Crippen molar-refractivity contribution >= 4 is 13.4 Å². The van der Waals surface area contributed by atoms with Crippen molar-refractivity contribution in [2.45, 2.75) is 26.0 Å². The van der Waals surface area contributed by atoms with E-state index >= 15 is 0 Å². The van der Waals surface area contributed by atoms with Crippen molar-refractivity contribution in [1.29, 1.82) is 0 Å². The molecular formula is C13H22N3O6P. The highest BCUT2D eigenvalue weighted by Gasteiger charge is 2.19. The molecule has 1 atom stereocenters. The van der Waals surface area contributed by atoms with Crippen LogP contribution >= 0.6 is 7.60 Å². The molecule has 0 unspecified atom stereocenters. The Bertz CT molecular complexity index is 627. The number of hydrogen-bond acceptors (Lipinski definition) is 6. The molecule has 0 saturated heterocycles. The van der Waals surface area contributed by atoms with E-state index in [0.717, 1.165) is 5.56 Å². The van der Waals surface area contributed by atoms with Gasteiger partial charge in [-0.1, -0.05) is 13.0 Å². The average Bonchev–Trinajstić information content (AvgIpc) is 2.49.